The van der Waals surface area contributed by atoms with Crippen LogP contribution in [-0.4, -0.2) is 16.5 Å². The largest absolute Gasteiger partial charge is 0.313 e. The van der Waals surface area contributed by atoms with Crippen LogP contribution in [0, 0.1) is 0 Å². The number of benzene rings is 1. The molecule has 3 nitrogen and oxygen atoms in total. The minimum absolute atomic E-state index is 0.734. The van der Waals surface area contributed by atoms with Crippen LogP contribution < -0.4 is 5.32 Å². The van der Waals surface area contributed by atoms with Gasteiger partial charge < -0.3 is 5.32 Å². The van der Waals surface area contributed by atoms with Crippen LogP contribution >= 0.6 is 23.4 Å². The molecule has 0 fully saturated rings. The second kappa shape index (κ2) is 6.73. The number of hydrogen-bond acceptors (Lipinski definition) is 4. The Morgan fingerprint density at radius 1 is 1.22 bits per heavy atom. The van der Waals surface area contributed by atoms with Gasteiger partial charge in [0.1, 0.15) is 0 Å². The van der Waals surface area contributed by atoms with E-state index in [4.69, 9.17) is 11.6 Å². The normalized spacial score (nSPS) is 10.6. The molecule has 0 spiro atoms. The van der Waals surface area contributed by atoms with Crippen molar-refractivity contribution in [3.8, 4) is 0 Å². The van der Waals surface area contributed by atoms with Gasteiger partial charge in [-0.2, -0.15) is 0 Å². The van der Waals surface area contributed by atoms with E-state index in [0.717, 1.165) is 33.7 Å². The Bertz CT molecular complexity index is 505. The summed E-state index contributed by atoms with van der Waals surface area (Å²) in [5, 5.41) is 4.80. The average molecular weight is 280 g/mol. The molecule has 1 N–H and O–H groups in total. The smallest absolute Gasteiger partial charge is 0.192 e. The molecule has 2 rings (SSSR count). The van der Waals surface area contributed by atoms with Crippen LogP contribution in [0.5, 0.6) is 0 Å². The van der Waals surface area contributed by atoms with Crippen LogP contribution in [0.2, 0.25) is 5.02 Å². The maximum absolute atomic E-state index is 6.24. The van der Waals surface area contributed by atoms with E-state index in [1.54, 1.807) is 12.4 Å². The molecular weight excluding hydrogens is 266 g/mol. The molecule has 0 aliphatic carbocycles. The molecule has 0 amide bonds. The van der Waals surface area contributed by atoms with Crippen LogP contribution in [0.3, 0.4) is 0 Å². The molecule has 0 radical (unpaired) electrons. The number of nitrogens with zero attached hydrogens (tertiary/aromatic N) is 2. The summed E-state index contributed by atoms with van der Waals surface area (Å²) in [7, 11) is 0. The van der Waals surface area contributed by atoms with Crippen molar-refractivity contribution in [2.45, 2.75) is 23.5 Å². The molecule has 0 saturated heterocycles. The Balaban J connectivity index is 2.24. The highest BCUT2D eigenvalue weighted by molar-refractivity contribution is 7.99. The van der Waals surface area contributed by atoms with Crippen LogP contribution in [0.4, 0.5) is 0 Å². The Morgan fingerprint density at radius 2 is 2.00 bits per heavy atom. The molecule has 1 aromatic carbocycles. The van der Waals surface area contributed by atoms with E-state index in [0.29, 0.717) is 0 Å². The number of halogens is 1. The van der Waals surface area contributed by atoms with E-state index in [1.807, 2.05) is 24.3 Å². The minimum atomic E-state index is 0.734. The van der Waals surface area contributed by atoms with Gasteiger partial charge in [0.25, 0.3) is 0 Å². The summed E-state index contributed by atoms with van der Waals surface area (Å²) in [6.07, 6.45) is 3.48. The van der Waals surface area contributed by atoms with Gasteiger partial charge in [-0.3, -0.25) is 0 Å². The summed E-state index contributed by atoms with van der Waals surface area (Å²) in [6, 6.07) is 7.70. The first kappa shape index (κ1) is 13.3. The Hall–Kier alpha value is -1.10. The second-order valence-electron chi connectivity index (χ2n) is 3.63. The molecule has 2 aromatic rings. The molecule has 18 heavy (non-hydrogen) atoms. The van der Waals surface area contributed by atoms with E-state index in [1.165, 1.54) is 11.8 Å². The molecule has 0 aliphatic rings. The second-order valence-corrected chi connectivity index (χ2v) is 5.05. The predicted molar refractivity (Wildman–Crippen MR) is 75.0 cm³/mol. The highest BCUT2D eigenvalue weighted by Crippen LogP contribution is 2.31. The molecule has 1 aromatic heterocycles. The van der Waals surface area contributed by atoms with Crippen LogP contribution in [0.15, 0.2) is 46.7 Å². The summed E-state index contributed by atoms with van der Waals surface area (Å²) >= 11 is 7.77. The Labute approximate surface area is 116 Å². The van der Waals surface area contributed by atoms with E-state index < -0.39 is 0 Å². The number of aromatic nitrogens is 2. The minimum Gasteiger partial charge on any atom is -0.313 e. The average Bonchev–Trinajstić information content (AvgIpc) is 2.39. The van der Waals surface area contributed by atoms with Crippen LogP contribution in [0.25, 0.3) is 0 Å². The Morgan fingerprint density at radius 3 is 2.72 bits per heavy atom. The third-order valence-corrected chi connectivity index (χ3v) is 3.72. The Kier molecular flexibility index (Phi) is 4.99. The standard InChI is InChI=1S/C13H14ClN3S/c1-2-15-9-10-11(14)5-3-6-12(10)18-13-16-7-4-8-17-13/h3-8,15H,2,9H2,1H3. The molecule has 0 atom stereocenters. The highest BCUT2D eigenvalue weighted by Gasteiger charge is 2.09. The third kappa shape index (κ3) is 3.45. The summed E-state index contributed by atoms with van der Waals surface area (Å²) in [4.78, 5) is 9.52. The van der Waals surface area contributed by atoms with Crippen molar-refractivity contribution in [2.75, 3.05) is 6.54 Å². The third-order valence-electron chi connectivity index (χ3n) is 2.37. The lowest BCUT2D eigenvalue weighted by molar-refractivity contribution is 0.718. The summed E-state index contributed by atoms with van der Waals surface area (Å²) in [6.45, 7) is 3.74. The van der Waals surface area contributed by atoms with Crippen molar-refractivity contribution < 1.29 is 0 Å². The molecule has 1 heterocycles. The van der Waals surface area contributed by atoms with Gasteiger partial charge in [0.2, 0.25) is 0 Å². The lowest BCUT2D eigenvalue weighted by Crippen LogP contribution is -2.12. The van der Waals surface area contributed by atoms with E-state index in [9.17, 15) is 0 Å². The zero-order valence-electron chi connectivity index (χ0n) is 10.1. The zero-order chi connectivity index (χ0) is 12.8. The van der Waals surface area contributed by atoms with Gasteiger partial charge in [-0.15, -0.1) is 0 Å². The zero-order valence-corrected chi connectivity index (χ0v) is 11.6. The maximum Gasteiger partial charge on any atom is 0.192 e. The lowest BCUT2D eigenvalue weighted by Gasteiger charge is -2.10. The quantitative estimate of drug-likeness (QED) is 0.852. The van der Waals surface area contributed by atoms with Gasteiger partial charge in [0.05, 0.1) is 0 Å². The van der Waals surface area contributed by atoms with Crippen LogP contribution in [-0.2, 0) is 6.54 Å². The van der Waals surface area contributed by atoms with Gasteiger partial charge in [-0.1, -0.05) is 24.6 Å². The van der Waals surface area contributed by atoms with Gasteiger partial charge >= 0.3 is 0 Å². The molecule has 0 saturated carbocycles. The van der Waals surface area contributed by atoms with Crippen molar-refractivity contribution >= 4 is 23.4 Å². The topological polar surface area (TPSA) is 37.8 Å². The monoisotopic (exact) mass is 279 g/mol. The van der Waals surface area contributed by atoms with Crippen molar-refractivity contribution in [3.63, 3.8) is 0 Å². The fourth-order valence-electron chi connectivity index (χ4n) is 1.49. The highest BCUT2D eigenvalue weighted by atomic mass is 35.5. The van der Waals surface area contributed by atoms with Gasteiger partial charge in [-0.25, -0.2) is 9.97 Å². The summed E-state index contributed by atoms with van der Waals surface area (Å²) in [5.41, 5.74) is 1.10. The van der Waals surface area contributed by atoms with Gasteiger partial charge in [0, 0.05) is 28.9 Å². The number of hydrogen-bond donors (Lipinski definition) is 1. The van der Waals surface area contributed by atoms with Gasteiger partial charge in [0.15, 0.2) is 5.16 Å². The predicted octanol–water partition coefficient (Wildman–Crippen LogP) is 3.39. The molecule has 5 heteroatoms. The summed E-state index contributed by atoms with van der Waals surface area (Å²) < 4.78 is 0. The molecule has 0 aliphatic heterocycles. The van der Waals surface area contributed by atoms with Crippen molar-refractivity contribution in [1.29, 1.82) is 0 Å². The van der Waals surface area contributed by atoms with E-state index in [-0.39, 0.29) is 0 Å². The summed E-state index contributed by atoms with van der Waals surface area (Å²) in [5.74, 6) is 0. The fraction of sp³-hybridized carbons (Fsp3) is 0.231. The molecule has 94 valence electrons. The maximum atomic E-state index is 6.24. The molecular formula is C13H14ClN3S. The fourth-order valence-corrected chi connectivity index (χ4v) is 2.67. The SMILES string of the molecule is CCNCc1c(Cl)cccc1Sc1ncccn1. The first-order valence-corrected chi connectivity index (χ1v) is 6.93. The first-order valence-electron chi connectivity index (χ1n) is 5.74. The van der Waals surface area contributed by atoms with Crippen molar-refractivity contribution in [3.05, 3.63) is 47.2 Å². The first-order chi connectivity index (χ1) is 8.81. The molecule has 0 bridgehead atoms. The molecule has 0 unspecified atom stereocenters. The van der Waals surface area contributed by atoms with Crippen LogP contribution in [0.1, 0.15) is 12.5 Å². The van der Waals surface area contributed by atoms with Crippen molar-refractivity contribution in [1.82, 2.24) is 15.3 Å². The van der Waals surface area contributed by atoms with E-state index >= 15 is 0 Å². The van der Waals surface area contributed by atoms with Crippen molar-refractivity contribution in [2.24, 2.45) is 0 Å². The lowest BCUT2D eigenvalue weighted by atomic mass is 10.2. The van der Waals surface area contributed by atoms with E-state index in [2.05, 4.69) is 22.2 Å². The van der Waals surface area contributed by atoms with Gasteiger partial charge in [-0.05, 0) is 42.1 Å². The number of nitrogens with one attached hydrogen (secondary N) is 1. The number of rotatable bonds is 5.